The van der Waals surface area contributed by atoms with Gasteiger partial charge in [0.15, 0.2) is 5.78 Å². The number of hydrogen-bond acceptors (Lipinski definition) is 4. The number of nitrogens with one attached hydrogen (secondary N) is 1. The summed E-state index contributed by atoms with van der Waals surface area (Å²) >= 11 is 3.35. The fraction of sp³-hybridized carbons (Fsp3) is 0.263. The molecular formula is C19H19BrN2O3. The maximum Gasteiger partial charge on any atom is 0.255 e. The molecule has 0 aliphatic carbocycles. The highest BCUT2D eigenvalue weighted by Gasteiger charge is 2.16. The van der Waals surface area contributed by atoms with E-state index in [0.29, 0.717) is 30.0 Å². The van der Waals surface area contributed by atoms with E-state index in [9.17, 15) is 9.59 Å². The zero-order valence-corrected chi connectivity index (χ0v) is 15.5. The largest absolute Gasteiger partial charge is 0.378 e. The first-order chi connectivity index (χ1) is 12.0. The van der Waals surface area contributed by atoms with Gasteiger partial charge in [0.05, 0.1) is 18.9 Å². The topological polar surface area (TPSA) is 58.6 Å². The minimum absolute atomic E-state index is 0.0822. The van der Waals surface area contributed by atoms with E-state index < -0.39 is 0 Å². The monoisotopic (exact) mass is 402 g/mol. The predicted molar refractivity (Wildman–Crippen MR) is 102 cm³/mol. The third-order valence-corrected chi connectivity index (χ3v) is 4.64. The maximum atomic E-state index is 12.4. The number of anilines is 2. The van der Waals surface area contributed by atoms with Crippen LogP contribution in [0.25, 0.3) is 0 Å². The summed E-state index contributed by atoms with van der Waals surface area (Å²) in [5.74, 6) is -0.324. The molecule has 1 N–H and O–H groups in total. The second-order valence-electron chi connectivity index (χ2n) is 5.85. The Hall–Kier alpha value is -2.18. The molecule has 1 saturated heterocycles. The van der Waals surface area contributed by atoms with Gasteiger partial charge in [-0.3, -0.25) is 9.59 Å². The number of rotatable bonds is 4. The zero-order chi connectivity index (χ0) is 17.8. The molecular weight excluding hydrogens is 384 g/mol. The van der Waals surface area contributed by atoms with E-state index >= 15 is 0 Å². The van der Waals surface area contributed by atoms with E-state index in [0.717, 1.165) is 23.2 Å². The lowest BCUT2D eigenvalue weighted by atomic mass is 10.1. The van der Waals surface area contributed by atoms with E-state index in [4.69, 9.17) is 4.74 Å². The van der Waals surface area contributed by atoms with E-state index in [1.807, 2.05) is 24.3 Å². The molecule has 2 aromatic rings. The average molecular weight is 403 g/mol. The molecule has 0 saturated carbocycles. The maximum absolute atomic E-state index is 12.4. The number of hydrogen-bond donors (Lipinski definition) is 1. The predicted octanol–water partition coefficient (Wildman–Crippen LogP) is 3.74. The summed E-state index contributed by atoms with van der Waals surface area (Å²) < 4.78 is 6.27. The average Bonchev–Trinajstić information content (AvgIpc) is 2.63. The van der Waals surface area contributed by atoms with Crippen LogP contribution in [-0.2, 0) is 4.74 Å². The van der Waals surface area contributed by atoms with Gasteiger partial charge in [-0.25, -0.2) is 0 Å². The van der Waals surface area contributed by atoms with Gasteiger partial charge in [-0.15, -0.1) is 0 Å². The van der Waals surface area contributed by atoms with Crippen LogP contribution in [0.1, 0.15) is 27.6 Å². The lowest BCUT2D eigenvalue weighted by molar-refractivity contribution is 0.101. The van der Waals surface area contributed by atoms with Crippen molar-refractivity contribution in [3.05, 3.63) is 58.1 Å². The van der Waals surface area contributed by atoms with Crippen LogP contribution in [0.4, 0.5) is 11.4 Å². The number of halogens is 1. The van der Waals surface area contributed by atoms with Gasteiger partial charge in [0.2, 0.25) is 0 Å². The highest BCUT2D eigenvalue weighted by molar-refractivity contribution is 9.10. The van der Waals surface area contributed by atoms with Crippen LogP contribution >= 0.6 is 15.9 Å². The number of ketones is 1. The molecule has 0 atom stereocenters. The Bertz CT molecular complexity index is 784. The molecule has 6 heteroatoms. The van der Waals surface area contributed by atoms with Gasteiger partial charge in [-0.2, -0.15) is 0 Å². The number of Topliss-reactive ketones (excluding diaryl/α,β-unsaturated/α-hetero) is 1. The summed E-state index contributed by atoms with van der Waals surface area (Å²) in [6, 6.07) is 12.6. The molecule has 3 rings (SSSR count). The molecule has 0 unspecified atom stereocenters. The second kappa shape index (κ2) is 7.80. The molecule has 0 radical (unpaired) electrons. The third-order valence-electron chi connectivity index (χ3n) is 4.11. The van der Waals surface area contributed by atoms with Gasteiger partial charge in [-0.1, -0.05) is 15.9 Å². The first-order valence-corrected chi connectivity index (χ1v) is 8.88. The number of morpholine rings is 1. The lowest BCUT2D eigenvalue weighted by Crippen LogP contribution is -2.36. The molecule has 1 heterocycles. The molecule has 5 nitrogen and oxygen atoms in total. The van der Waals surface area contributed by atoms with Gasteiger partial charge in [0.25, 0.3) is 5.91 Å². The first-order valence-electron chi connectivity index (χ1n) is 8.09. The standard InChI is InChI=1S/C19H19BrN2O3/c1-13(23)17-12-16(22-8-10-25-11-9-22)6-7-18(17)21-19(24)14-2-4-15(20)5-3-14/h2-7,12H,8-11H2,1H3,(H,21,24). The van der Waals surface area contributed by atoms with E-state index in [-0.39, 0.29) is 11.7 Å². The first kappa shape index (κ1) is 17.6. The molecule has 1 amide bonds. The van der Waals surface area contributed by atoms with E-state index in [2.05, 4.69) is 26.1 Å². The number of benzene rings is 2. The SMILES string of the molecule is CC(=O)c1cc(N2CCOCC2)ccc1NC(=O)c1ccc(Br)cc1. The Balaban J connectivity index is 1.83. The molecule has 1 fully saturated rings. The van der Waals surface area contributed by atoms with Crippen molar-refractivity contribution >= 4 is 39.0 Å². The van der Waals surface area contributed by atoms with Crippen molar-refractivity contribution in [2.45, 2.75) is 6.92 Å². The normalized spacial score (nSPS) is 14.2. The summed E-state index contributed by atoms with van der Waals surface area (Å²) in [7, 11) is 0. The number of ether oxygens (including phenoxy) is 1. The highest BCUT2D eigenvalue weighted by atomic mass is 79.9. The molecule has 130 valence electrons. The van der Waals surface area contributed by atoms with Crippen LogP contribution in [0.5, 0.6) is 0 Å². The van der Waals surface area contributed by atoms with Crippen molar-refractivity contribution in [2.75, 3.05) is 36.5 Å². The molecule has 2 aromatic carbocycles. The Morgan fingerprint density at radius 1 is 1.08 bits per heavy atom. The summed E-state index contributed by atoms with van der Waals surface area (Å²) in [4.78, 5) is 26.7. The van der Waals surface area contributed by atoms with Crippen molar-refractivity contribution in [1.29, 1.82) is 0 Å². The molecule has 1 aliphatic rings. The smallest absolute Gasteiger partial charge is 0.255 e. The molecule has 1 aliphatic heterocycles. The van der Waals surface area contributed by atoms with Crippen molar-refractivity contribution in [3.8, 4) is 0 Å². The van der Waals surface area contributed by atoms with Gasteiger partial charge < -0.3 is 15.0 Å². The van der Waals surface area contributed by atoms with Gasteiger partial charge in [0, 0.05) is 34.4 Å². The Kier molecular flexibility index (Phi) is 5.50. The minimum atomic E-state index is -0.242. The molecule has 0 aromatic heterocycles. The molecule has 0 spiro atoms. The molecule has 25 heavy (non-hydrogen) atoms. The third kappa shape index (κ3) is 4.27. The summed E-state index contributed by atoms with van der Waals surface area (Å²) in [5, 5.41) is 2.84. The van der Waals surface area contributed by atoms with Crippen LogP contribution in [0, 0.1) is 0 Å². The highest BCUT2D eigenvalue weighted by Crippen LogP contribution is 2.25. The fourth-order valence-electron chi connectivity index (χ4n) is 2.75. The Morgan fingerprint density at radius 3 is 2.40 bits per heavy atom. The van der Waals surface area contributed by atoms with Crippen molar-refractivity contribution in [3.63, 3.8) is 0 Å². The van der Waals surface area contributed by atoms with E-state index in [1.165, 1.54) is 6.92 Å². The van der Waals surface area contributed by atoms with Crippen LogP contribution in [0.2, 0.25) is 0 Å². The summed E-state index contributed by atoms with van der Waals surface area (Å²) in [5.41, 5.74) is 2.54. The van der Waals surface area contributed by atoms with Gasteiger partial charge in [0.1, 0.15) is 0 Å². The Morgan fingerprint density at radius 2 is 1.76 bits per heavy atom. The van der Waals surface area contributed by atoms with Gasteiger partial charge >= 0.3 is 0 Å². The summed E-state index contributed by atoms with van der Waals surface area (Å²) in [6.45, 7) is 4.45. The van der Waals surface area contributed by atoms with Crippen LogP contribution in [-0.4, -0.2) is 38.0 Å². The number of carbonyl (C=O) groups is 2. The van der Waals surface area contributed by atoms with Gasteiger partial charge in [-0.05, 0) is 49.4 Å². The molecule has 0 bridgehead atoms. The summed E-state index contributed by atoms with van der Waals surface area (Å²) in [6.07, 6.45) is 0. The van der Waals surface area contributed by atoms with Crippen LogP contribution in [0.15, 0.2) is 46.9 Å². The number of amides is 1. The quantitative estimate of drug-likeness (QED) is 0.791. The fourth-order valence-corrected chi connectivity index (χ4v) is 3.01. The Labute approximate surface area is 155 Å². The van der Waals surface area contributed by atoms with Crippen molar-refractivity contribution < 1.29 is 14.3 Å². The number of carbonyl (C=O) groups excluding carboxylic acids is 2. The van der Waals surface area contributed by atoms with Crippen LogP contribution in [0.3, 0.4) is 0 Å². The lowest BCUT2D eigenvalue weighted by Gasteiger charge is -2.29. The minimum Gasteiger partial charge on any atom is -0.378 e. The van der Waals surface area contributed by atoms with Crippen molar-refractivity contribution in [1.82, 2.24) is 0 Å². The van der Waals surface area contributed by atoms with Crippen LogP contribution < -0.4 is 10.2 Å². The zero-order valence-electron chi connectivity index (χ0n) is 13.9. The van der Waals surface area contributed by atoms with Crippen molar-refractivity contribution in [2.24, 2.45) is 0 Å². The second-order valence-corrected chi connectivity index (χ2v) is 6.76. The van der Waals surface area contributed by atoms with E-state index in [1.54, 1.807) is 18.2 Å². The number of nitrogens with zero attached hydrogens (tertiary/aromatic N) is 1.